The van der Waals surface area contributed by atoms with Gasteiger partial charge in [-0.05, 0) is 24.6 Å². The Morgan fingerprint density at radius 3 is 2.33 bits per heavy atom. The zero-order valence-electron chi connectivity index (χ0n) is 14.1. The van der Waals surface area contributed by atoms with Crippen molar-refractivity contribution in [3.8, 4) is 11.5 Å². The number of fused-ring (bicyclic) bond motifs is 1. The zero-order valence-corrected chi connectivity index (χ0v) is 14.1. The summed E-state index contributed by atoms with van der Waals surface area (Å²) in [5.74, 6) is 1.51. The lowest BCUT2D eigenvalue weighted by atomic mass is 10.1. The number of nitrogens with one attached hydrogen (secondary N) is 1. The number of benzene rings is 1. The molecule has 1 fully saturated rings. The highest BCUT2D eigenvalue weighted by Crippen LogP contribution is 2.32. The molecule has 1 aromatic rings. The van der Waals surface area contributed by atoms with Gasteiger partial charge in [0.15, 0.2) is 11.5 Å². The van der Waals surface area contributed by atoms with Crippen molar-refractivity contribution in [2.24, 2.45) is 0 Å². The third kappa shape index (κ3) is 3.55. The summed E-state index contributed by atoms with van der Waals surface area (Å²) in [5.41, 5.74) is 0.968. The molecule has 2 heterocycles. The van der Waals surface area contributed by atoms with Crippen molar-refractivity contribution in [3.05, 3.63) is 23.8 Å². The van der Waals surface area contributed by atoms with Gasteiger partial charge in [0.1, 0.15) is 13.2 Å². The average molecular weight is 333 g/mol. The predicted octanol–water partition coefficient (Wildman–Crippen LogP) is 1.39. The van der Waals surface area contributed by atoms with Gasteiger partial charge in [0, 0.05) is 33.1 Å². The fraction of sp³-hybridized carbons (Fsp3) is 0.529. The Morgan fingerprint density at radius 1 is 1.04 bits per heavy atom. The second kappa shape index (κ2) is 6.98. The molecule has 1 atom stereocenters. The fourth-order valence-corrected chi connectivity index (χ4v) is 2.91. The molecular weight excluding hydrogens is 310 g/mol. The zero-order chi connectivity index (χ0) is 17.1. The minimum Gasteiger partial charge on any atom is -0.486 e. The minimum atomic E-state index is -0.140. The Kier molecular flexibility index (Phi) is 4.78. The highest BCUT2D eigenvalue weighted by Gasteiger charge is 2.24. The maximum atomic E-state index is 12.4. The molecule has 0 saturated carbocycles. The van der Waals surface area contributed by atoms with Crippen LogP contribution >= 0.6 is 0 Å². The molecule has 130 valence electrons. The van der Waals surface area contributed by atoms with Crippen molar-refractivity contribution in [1.82, 2.24) is 15.1 Å². The van der Waals surface area contributed by atoms with Crippen molar-refractivity contribution in [2.45, 2.75) is 19.9 Å². The molecule has 2 aliphatic rings. The van der Waals surface area contributed by atoms with E-state index in [9.17, 15) is 9.59 Å². The summed E-state index contributed by atoms with van der Waals surface area (Å²) in [6.07, 6.45) is 0. The number of carbonyl (C=O) groups excluding carboxylic acids is 2. The maximum Gasteiger partial charge on any atom is 0.317 e. The van der Waals surface area contributed by atoms with Crippen LogP contribution in [0, 0.1) is 0 Å². The van der Waals surface area contributed by atoms with Gasteiger partial charge >= 0.3 is 6.03 Å². The minimum absolute atomic E-state index is 0.0553. The number of hydrogen-bond acceptors (Lipinski definition) is 4. The molecule has 1 saturated heterocycles. The van der Waals surface area contributed by atoms with Crippen LogP contribution in [0.1, 0.15) is 25.5 Å². The number of carbonyl (C=O) groups is 2. The standard InChI is InChI=1S/C17H23N3O4/c1-12(14-3-4-15-16(11-14)24-10-9-23-15)18-17(22)20-7-5-19(6-8-20)13(2)21/h3-4,11-12H,5-10H2,1-2H3,(H,18,22)/t12-/m0/s1. The molecule has 24 heavy (non-hydrogen) atoms. The topological polar surface area (TPSA) is 71.1 Å². The lowest BCUT2D eigenvalue weighted by Crippen LogP contribution is -2.53. The molecule has 0 aromatic heterocycles. The van der Waals surface area contributed by atoms with Crippen molar-refractivity contribution in [3.63, 3.8) is 0 Å². The summed E-state index contributed by atoms with van der Waals surface area (Å²) in [6.45, 7) is 6.87. The van der Waals surface area contributed by atoms with Gasteiger partial charge in [-0.2, -0.15) is 0 Å². The summed E-state index contributed by atoms with van der Waals surface area (Å²) in [6, 6.07) is 5.47. The Balaban J connectivity index is 1.57. The molecular formula is C17H23N3O4. The molecule has 0 spiro atoms. The summed E-state index contributed by atoms with van der Waals surface area (Å²) in [7, 11) is 0. The molecule has 0 radical (unpaired) electrons. The van der Waals surface area contributed by atoms with E-state index in [2.05, 4.69) is 5.32 Å². The maximum absolute atomic E-state index is 12.4. The van der Waals surface area contributed by atoms with E-state index < -0.39 is 0 Å². The molecule has 0 bridgehead atoms. The van der Waals surface area contributed by atoms with Gasteiger partial charge in [-0.25, -0.2) is 4.79 Å². The first-order valence-electron chi connectivity index (χ1n) is 8.25. The number of nitrogens with zero attached hydrogens (tertiary/aromatic N) is 2. The first kappa shape index (κ1) is 16.4. The van der Waals surface area contributed by atoms with E-state index in [-0.39, 0.29) is 18.0 Å². The SMILES string of the molecule is CC(=O)N1CCN(C(=O)N[C@@H](C)c2ccc3c(c2)OCCO3)CC1. The largest absolute Gasteiger partial charge is 0.486 e. The van der Waals surface area contributed by atoms with Crippen LogP contribution in [0.5, 0.6) is 11.5 Å². The van der Waals surface area contributed by atoms with Crippen LogP contribution in [-0.2, 0) is 4.79 Å². The quantitative estimate of drug-likeness (QED) is 0.888. The number of hydrogen-bond donors (Lipinski definition) is 1. The Bertz CT molecular complexity index is 626. The van der Waals surface area contributed by atoms with Crippen LogP contribution in [0.3, 0.4) is 0 Å². The number of rotatable bonds is 2. The Hall–Kier alpha value is -2.44. The van der Waals surface area contributed by atoms with Gasteiger partial charge in [0.25, 0.3) is 0 Å². The van der Waals surface area contributed by atoms with Crippen LogP contribution < -0.4 is 14.8 Å². The lowest BCUT2D eigenvalue weighted by Gasteiger charge is -2.34. The predicted molar refractivity (Wildman–Crippen MR) is 88.2 cm³/mol. The summed E-state index contributed by atoms with van der Waals surface area (Å²) in [5, 5.41) is 3.00. The number of amides is 3. The van der Waals surface area contributed by atoms with Crippen LogP contribution in [0.2, 0.25) is 0 Å². The second-order valence-corrected chi connectivity index (χ2v) is 6.07. The molecule has 3 amide bonds. The van der Waals surface area contributed by atoms with E-state index in [0.29, 0.717) is 39.4 Å². The number of piperazine rings is 1. The van der Waals surface area contributed by atoms with Crippen LogP contribution in [0.15, 0.2) is 18.2 Å². The van der Waals surface area contributed by atoms with E-state index in [1.165, 1.54) is 0 Å². The molecule has 3 rings (SSSR count). The molecule has 1 N–H and O–H groups in total. The Morgan fingerprint density at radius 2 is 1.67 bits per heavy atom. The van der Waals surface area contributed by atoms with Crippen molar-refractivity contribution in [1.29, 1.82) is 0 Å². The molecule has 7 nitrogen and oxygen atoms in total. The third-order valence-electron chi connectivity index (χ3n) is 4.42. The first-order valence-corrected chi connectivity index (χ1v) is 8.25. The van der Waals surface area contributed by atoms with Crippen LogP contribution in [0.25, 0.3) is 0 Å². The first-order chi connectivity index (χ1) is 11.5. The van der Waals surface area contributed by atoms with Crippen molar-refractivity contribution in [2.75, 3.05) is 39.4 Å². The average Bonchev–Trinajstić information content (AvgIpc) is 2.61. The second-order valence-electron chi connectivity index (χ2n) is 6.07. The molecule has 2 aliphatic heterocycles. The number of urea groups is 1. The van der Waals surface area contributed by atoms with Gasteiger partial charge in [-0.1, -0.05) is 6.07 Å². The summed E-state index contributed by atoms with van der Waals surface area (Å²) < 4.78 is 11.1. The molecule has 1 aromatic carbocycles. The monoisotopic (exact) mass is 333 g/mol. The molecule has 7 heteroatoms. The van der Waals surface area contributed by atoms with Crippen LogP contribution in [-0.4, -0.2) is 61.1 Å². The van der Waals surface area contributed by atoms with E-state index in [4.69, 9.17) is 9.47 Å². The van der Waals surface area contributed by atoms with Gasteiger partial charge in [0.05, 0.1) is 6.04 Å². The highest BCUT2D eigenvalue weighted by atomic mass is 16.6. The van der Waals surface area contributed by atoms with Gasteiger partial charge < -0.3 is 24.6 Å². The highest BCUT2D eigenvalue weighted by molar-refractivity contribution is 5.76. The summed E-state index contributed by atoms with van der Waals surface area (Å²) in [4.78, 5) is 27.2. The summed E-state index contributed by atoms with van der Waals surface area (Å²) >= 11 is 0. The van der Waals surface area contributed by atoms with E-state index in [1.807, 2.05) is 25.1 Å². The normalized spacial score (nSPS) is 18.1. The van der Waals surface area contributed by atoms with Crippen LogP contribution in [0.4, 0.5) is 4.79 Å². The Labute approximate surface area is 141 Å². The smallest absolute Gasteiger partial charge is 0.317 e. The lowest BCUT2D eigenvalue weighted by molar-refractivity contribution is -0.130. The van der Waals surface area contributed by atoms with E-state index in [1.54, 1.807) is 16.7 Å². The van der Waals surface area contributed by atoms with Gasteiger partial charge in [-0.15, -0.1) is 0 Å². The van der Waals surface area contributed by atoms with Gasteiger partial charge in [-0.3, -0.25) is 4.79 Å². The van der Waals surface area contributed by atoms with Crippen molar-refractivity contribution < 1.29 is 19.1 Å². The van der Waals surface area contributed by atoms with E-state index in [0.717, 1.165) is 17.1 Å². The van der Waals surface area contributed by atoms with Crippen molar-refractivity contribution >= 4 is 11.9 Å². The molecule has 0 aliphatic carbocycles. The number of ether oxygens (including phenoxy) is 2. The van der Waals surface area contributed by atoms with E-state index >= 15 is 0 Å². The third-order valence-corrected chi connectivity index (χ3v) is 4.42. The van der Waals surface area contributed by atoms with Gasteiger partial charge in [0.2, 0.25) is 5.91 Å². The molecule has 0 unspecified atom stereocenters. The fourth-order valence-electron chi connectivity index (χ4n) is 2.91.